The lowest BCUT2D eigenvalue weighted by Crippen LogP contribution is -3.08. The van der Waals surface area contributed by atoms with Crippen LogP contribution in [0.4, 0.5) is 0 Å². The van der Waals surface area contributed by atoms with Crippen molar-refractivity contribution in [3.8, 4) is 0 Å². The van der Waals surface area contributed by atoms with Crippen LogP contribution in [0.25, 0.3) is 0 Å². The van der Waals surface area contributed by atoms with Crippen LogP contribution in [0.3, 0.4) is 0 Å². The third kappa shape index (κ3) is 13.8. The van der Waals surface area contributed by atoms with Gasteiger partial charge < -0.3 is 86.2 Å². The lowest BCUT2D eigenvalue weighted by molar-refractivity contribution is -0.163. The Bertz CT molecular complexity index is 1190. The summed E-state index contributed by atoms with van der Waals surface area (Å²) in [5, 5.41) is 30.9. The zero-order chi connectivity index (χ0) is 46.3. The van der Waals surface area contributed by atoms with Crippen LogP contribution in [-0.2, 0) is 47.1 Å². The van der Waals surface area contributed by atoms with E-state index in [1.165, 1.54) is 33.3 Å². The maximum Gasteiger partial charge on any atom is 0.358 e. The third-order valence-electron chi connectivity index (χ3n) is 10.3. The van der Waals surface area contributed by atoms with E-state index in [-0.39, 0.29) is 13.2 Å². The first-order chi connectivity index (χ1) is 27.3. The van der Waals surface area contributed by atoms with E-state index >= 15 is 0 Å². The Morgan fingerprint density at radius 3 is 1.49 bits per heavy atom. The number of aliphatic hydroxyl groups is 1. The molecule has 0 bridgehead atoms. The highest BCUT2D eigenvalue weighted by Crippen LogP contribution is 2.49. The molecule has 43 heteroatoms. The molecular weight excluding hydrogens is 1120 g/mol. The van der Waals surface area contributed by atoms with Crippen LogP contribution in [0, 0.1) is 0 Å². The van der Waals surface area contributed by atoms with Crippen LogP contribution in [-0.4, -0.2) is 256 Å². The molecule has 0 rings (SSSR count). The first-order valence-electron chi connectivity index (χ1n) is 18.9. The van der Waals surface area contributed by atoms with E-state index in [1.54, 1.807) is 13.1 Å². The Hall–Kier alpha value is 3.42. The van der Waals surface area contributed by atoms with Gasteiger partial charge in [-0.3, -0.25) is 19.7 Å². The highest BCUT2D eigenvalue weighted by Gasteiger charge is 2.93. The van der Waals surface area contributed by atoms with Gasteiger partial charge in [-0.1, -0.05) is 13.1 Å². The smallest absolute Gasteiger partial charge is 0.358 e. The summed E-state index contributed by atoms with van der Waals surface area (Å²) in [4.78, 5) is 104. The second-order valence-corrected chi connectivity index (χ2v) is 135. The summed E-state index contributed by atoms with van der Waals surface area (Å²) in [6, 6.07) is 0.525. The zero-order valence-electron chi connectivity index (χ0n) is 36.3. The molecular formula is C16H74O23Si20. The van der Waals surface area contributed by atoms with Crippen LogP contribution in [0.1, 0.15) is 6.42 Å². The largest absolute Gasteiger partial charge is 0.441 e. The van der Waals surface area contributed by atoms with Gasteiger partial charge in [-0.2, -0.15) is 0 Å². The molecule has 0 aromatic carbocycles. The van der Waals surface area contributed by atoms with Crippen LogP contribution in [0.5, 0.6) is 0 Å². The van der Waals surface area contributed by atoms with Gasteiger partial charge in [-0.15, -0.1) is 0 Å². The minimum absolute atomic E-state index is 0.147. The second kappa shape index (κ2) is 26.8. The van der Waals surface area contributed by atoms with Gasteiger partial charge in [-0.25, -0.2) is 0 Å². The first-order valence-corrected chi connectivity index (χ1v) is 72.3. The molecule has 0 fully saturated rings. The van der Waals surface area contributed by atoms with E-state index in [2.05, 4.69) is 0 Å². The monoisotopic (exact) mass is 1190 g/mol. The van der Waals surface area contributed by atoms with Crippen molar-refractivity contribution in [1.29, 1.82) is 0 Å². The summed E-state index contributed by atoms with van der Waals surface area (Å²) in [5.74, 6) is 0. The molecule has 12 N–H and O–H groups in total. The number of hydrogen-bond acceptors (Lipinski definition) is 23. The van der Waals surface area contributed by atoms with E-state index in [4.69, 9.17) is 47.1 Å². The van der Waals surface area contributed by atoms with Crippen molar-refractivity contribution in [2.75, 3.05) is 26.9 Å². The molecule has 0 saturated heterocycles. The van der Waals surface area contributed by atoms with Gasteiger partial charge in [0.2, 0.25) is 32.3 Å². The van der Waals surface area contributed by atoms with Crippen molar-refractivity contribution in [1.82, 2.24) is 0 Å². The summed E-state index contributed by atoms with van der Waals surface area (Å²) in [6.07, 6.45) is 0.543. The van der Waals surface area contributed by atoms with E-state index in [1.807, 2.05) is 26.2 Å². The second-order valence-electron chi connectivity index (χ2n) is 16.1. The fraction of sp³-hybridized carbons (Fsp3) is 1.00. The molecule has 356 valence electrons. The van der Waals surface area contributed by atoms with Crippen molar-refractivity contribution in [3.63, 3.8) is 0 Å². The predicted molar refractivity (Wildman–Crippen MR) is 270 cm³/mol. The Kier molecular flexibility index (Phi) is 28.4. The highest BCUT2D eigenvalue weighted by molar-refractivity contribution is 8.17. The van der Waals surface area contributed by atoms with Gasteiger partial charge in [0.15, 0.2) is 45.4 Å². The summed E-state index contributed by atoms with van der Waals surface area (Å²) >= 11 is 0. The van der Waals surface area contributed by atoms with Gasteiger partial charge in [0.1, 0.15) is 0 Å². The topological polar surface area (TPSA) is 344 Å². The van der Waals surface area contributed by atoms with Gasteiger partial charge >= 0.3 is 32.3 Å². The average Bonchev–Trinajstić information content (AvgIpc) is 3.17. The van der Waals surface area contributed by atoms with Crippen LogP contribution in [0.15, 0.2) is 0 Å². The Morgan fingerprint density at radius 1 is 0.576 bits per heavy atom. The van der Waals surface area contributed by atoms with Crippen LogP contribution >= 0.6 is 0 Å². The number of rotatable bonds is 35. The molecule has 4 unspecified atom stereocenters. The van der Waals surface area contributed by atoms with Crippen molar-refractivity contribution >= 4 is 170 Å². The molecule has 0 aromatic rings. The van der Waals surface area contributed by atoms with E-state index in [0.29, 0.717) is 19.1 Å². The van der Waals surface area contributed by atoms with E-state index in [9.17, 15) is 58.8 Å². The maximum absolute atomic E-state index is 12.4. The molecule has 0 aliphatic rings. The third-order valence-corrected chi connectivity index (χ3v) is 233. The Labute approximate surface area is 377 Å². The van der Waals surface area contributed by atoms with E-state index in [0.717, 1.165) is 0 Å². The highest BCUT2D eigenvalue weighted by atomic mass is 30.4. The maximum atomic E-state index is 12.4. The quantitative estimate of drug-likeness (QED) is 0.0121. The zero-order valence-corrected chi connectivity index (χ0v) is 60.2. The number of ether oxygens (including phenoxy) is 1. The Balaban J connectivity index is 10.1. The molecule has 0 saturated carbocycles. The molecule has 0 amide bonds. The lowest BCUT2D eigenvalue weighted by atomic mass is 10.5. The fourth-order valence-corrected chi connectivity index (χ4v) is 386. The summed E-state index contributed by atoms with van der Waals surface area (Å²) in [5.41, 5.74) is 0. The normalized spacial score (nSPS) is 21.6. The lowest BCUT2D eigenvalue weighted by Gasteiger charge is -2.67. The van der Waals surface area contributed by atoms with Crippen molar-refractivity contribution in [2.24, 2.45) is 0 Å². The molecule has 0 aromatic heterocycles. The van der Waals surface area contributed by atoms with Gasteiger partial charge in [-0.05, 0) is 64.8 Å². The standard InChI is InChI=1S/C16H74O23Si20/c1-29-57(47-27,49(2)3)59(38-51(6,7)31-18,56(45-25,46-26)34-41-21)55(39-54(43-23,44-24)33-40-20,58(48-28,35-42-22)53(10,11)32-19)37-52(8,9)36-50(4,5)16-12-14-30-15-13-17/h17-28,49H,12-16,40-48H2,1-11H3. The molecule has 23 nitrogen and oxygen atoms in total. The van der Waals surface area contributed by atoms with Crippen molar-refractivity contribution in [3.05, 3.63) is 0 Å². The minimum Gasteiger partial charge on any atom is -0.441 e. The SMILES string of the molecule is CO[Si]([SiH2]O)([SiH](C)C)[Si](O[Si](C)(C)OO)([Si](O[SiH2]O)([SiH2]O)[SiH2]O)[Si](O[Si](C)(C)O[Si](C)(C)CCCOCCO)(O[Si](O[SiH2]O)([SiH2]O)[SiH2]O)[Si](O[SiH2]O)([SiH2]O)[Si](C)(C)OO. The number of aliphatic hydroxyl groups excluding tert-OH is 1. The molecule has 0 radical (unpaired) electrons. The first kappa shape index (κ1) is 62.4. The molecule has 0 heterocycles. The van der Waals surface area contributed by atoms with Gasteiger partial charge in [0.05, 0.1) is 21.5 Å². The van der Waals surface area contributed by atoms with Gasteiger partial charge in [0, 0.05) is 13.7 Å². The summed E-state index contributed by atoms with van der Waals surface area (Å²) in [6.45, 7) is -1.63. The van der Waals surface area contributed by atoms with Crippen molar-refractivity contribution in [2.45, 2.75) is 77.9 Å². The molecule has 59 heavy (non-hydrogen) atoms. The molecule has 0 aliphatic carbocycles. The summed E-state index contributed by atoms with van der Waals surface area (Å²) in [7, 11) is -50.4. The Morgan fingerprint density at radius 2 is 1.12 bits per heavy atom. The fourth-order valence-electron chi connectivity index (χ4n) is 7.60. The van der Waals surface area contributed by atoms with Crippen LogP contribution < -0.4 is 0 Å². The number of hydrogen-bond donors (Lipinski definition) is 12. The summed E-state index contributed by atoms with van der Waals surface area (Å²) < 4.78 is 72.0. The average molecular weight is 1200 g/mol. The van der Waals surface area contributed by atoms with Crippen LogP contribution in [0.2, 0.25) is 71.5 Å². The minimum atomic E-state index is -5.52. The van der Waals surface area contributed by atoms with E-state index < -0.39 is 170 Å². The molecule has 0 spiro atoms. The van der Waals surface area contributed by atoms with Gasteiger partial charge in [0.25, 0.3) is 51.6 Å². The van der Waals surface area contributed by atoms with Crippen molar-refractivity contribution < 1.29 is 106 Å². The molecule has 0 aliphatic heterocycles. The molecule has 4 atom stereocenters. The predicted octanol–water partition coefficient (Wildman–Crippen LogP) is -12.0.